The fourth-order valence-electron chi connectivity index (χ4n) is 7.07. The first-order valence-electron chi connectivity index (χ1n) is 21.5. The summed E-state index contributed by atoms with van der Waals surface area (Å²) in [5, 5.41) is 8.65. The van der Waals surface area contributed by atoms with E-state index >= 15 is 0 Å². The van der Waals surface area contributed by atoms with Crippen molar-refractivity contribution in [3.63, 3.8) is 0 Å². The highest BCUT2D eigenvalue weighted by Crippen LogP contribution is 2.17. The molecule has 0 amide bonds. The van der Waals surface area contributed by atoms with Crippen LogP contribution in [0.5, 0.6) is 0 Å². The van der Waals surface area contributed by atoms with Crippen LogP contribution in [0.25, 0.3) is 0 Å². The van der Waals surface area contributed by atoms with Gasteiger partial charge in [0.2, 0.25) is 0 Å². The Bertz CT molecular complexity index is 530. The second-order valence-electron chi connectivity index (χ2n) is 14.9. The van der Waals surface area contributed by atoms with E-state index in [0.29, 0.717) is 6.42 Å². The van der Waals surface area contributed by atoms with Gasteiger partial charge in [0, 0.05) is 6.42 Å². The molecule has 1 N–H and O–H groups in total. The third-order valence-electron chi connectivity index (χ3n) is 10.2. The topological polar surface area (TPSA) is 37.3 Å². The quantitative estimate of drug-likeness (QED) is 0.0679. The molecule has 0 radical (unpaired) electrons. The lowest BCUT2D eigenvalue weighted by molar-refractivity contribution is -0.137. The summed E-state index contributed by atoms with van der Waals surface area (Å²) in [6.07, 6.45) is 57.4. The largest absolute Gasteiger partial charge is 0.481 e. The third-order valence-corrected chi connectivity index (χ3v) is 10.2. The second-order valence-corrected chi connectivity index (χ2v) is 14.9. The molecule has 0 saturated heterocycles. The van der Waals surface area contributed by atoms with E-state index < -0.39 is 5.97 Å². The van der Waals surface area contributed by atoms with E-state index in [0.717, 1.165) is 12.8 Å². The first-order valence-corrected chi connectivity index (χ1v) is 21.5. The van der Waals surface area contributed by atoms with Crippen LogP contribution in [0.2, 0.25) is 0 Å². The molecule has 0 rings (SSSR count). The van der Waals surface area contributed by atoms with Crippen molar-refractivity contribution in [3.8, 4) is 0 Å². The van der Waals surface area contributed by atoms with Gasteiger partial charge in [-0.05, 0) is 6.42 Å². The fraction of sp³-hybridized carbons (Fsp3) is 0.977. The molecule has 0 aromatic rings. The molecule has 0 spiro atoms. The summed E-state index contributed by atoms with van der Waals surface area (Å²) in [5.74, 6) is -0.647. The van der Waals surface area contributed by atoms with E-state index in [1.165, 1.54) is 244 Å². The maximum absolute atomic E-state index is 10.5. The SMILES string of the molecule is CCCCCCCCCCCCCCCCCCCCCCCCCCCCCCCCCCCCCCCCCCC(=O)O. The van der Waals surface area contributed by atoms with Crippen LogP contribution in [0.15, 0.2) is 0 Å². The Labute approximate surface area is 285 Å². The fourth-order valence-corrected chi connectivity index (χ4v) is 7.07. The summed E-state index contributed by atoms with van der Waals surface area (Å²) in [4.78, 5) is 10.5. The number of unbranched alkanes of at least 4 members (excludes halogenated alkanes) is 39. The minimum Gasteiger partial charge on any atom is -0.481 e. The summed E-state index contributed by atoms with van der Waals surface area (Å²) < 4.78 is 0. The molecule has 0 aliphatic rings. The van der Waals surface area contributed by atoms with Gasteiger partial charge in [0.25, 0.3) is 0 Å². The molecule has 45 heavy (non-hydrogen) atoms. The lowest BCUT2D eigenvalue weighted by Gasteiger charge is -2.05. The molecule has 0 fully saturated rings. The lowest BCUT2D eigenvalue weighted by Crippen LogP contribution is -1.93. The number of hydrogen-bond donors (Lipinski definition) is 1. The number of carboxylic acid groups (broad SMARTS) is 1. The van der Waals surface area contributed by atoms with E-state index in [-0.39, 0.29) is 0 Å². The number of aliphatic carboxylic acids is 1. The van der Waals surface area contributed by atoms with E-state index in [9.17, 15) is 4.79 Å². The van der Waals surface area contributed by atoms with Crippen LogP contribution in [0.1, 0.15) is 270 Å². The molecule has 2 nitrogen and oxygen atoms in total. The minimum atomic E-state index is -0.647. The smallest absolute Gasteiger partial charge is 0.303 e. The summed E-state index contributed by atoms with van der Waals surface area (Å²) in [6, 6.07) is 0. The standard InChI is InChI=1S/C43H86O2/c1-2-3-4-5-6-7-8-9-10-11-12-13-14-15-16-17-18-19-20-21-22-23-24-25-26-27-28-29-30-31-32-33-34-35-36-37-38-39-40-41-42-43(44)45/h2-42H2,1H3,(H,44,45). The van der Waals surface area contributed by atoms with Crippen LogP contribution in [0.4, 0.5) is 0 Å². The van der Waals surface area contributed by atoms with Crippen molar-refractivity contribution in [2.75, 3.05) is 0 Å². The molecule has 270 valence electrons. The van der Waals surface area contributed by atoms with Gasteiger partial charge in [0.1, 0.15) is 0 Å². The highest BCUT2D eigenvalue weighted by atomic mass is 16.4. The molecule has 0 unspecified atom stereocenters. The van der Waals surface area contributed by atoms with E-state index in [2.05, 4.69) is 6.92 Å². The van der Waals surface area contributed by atoms with E-state index in [1.54, 1.807) is 0 Å². The van der Waals surface area contributed by atoms with Crippen LogP contribution in [0.3, 0.4) is 0 Å². The first-order chi connectivity index (χ1) is 22.3. The number of rotatable bonds is 41. The van der Waals surface area contributed by atoms with Gasteiger partial charge in [0.15, 0.2) is 0 Å². The Morgan fingerprint density at radius 1 is 0.267 bits per heavy atom. The Morgan fingerprint density at radius 3 is 0.533 bits per heavy atom. The van der Waals surface area contributed by atoms with Crippen LogP contribution in [-0.2, 0) is 4.79 Å². The van der Waals surface area contributed by atoms with Crippen LogP contribution >= 0.6 is 0 Å². The van der Waals surface area contributed by atoms with Gasteiger partial charge < -0.3 is 5.11 Å². The van der Waals surface area contributed by atoms with E-state index in [1.807, 2.05) is 0 Å². The molecular formula is C43H86O2. The van der Waals surface area contributed by atoms with Gasteiger partial charge in [-0.3, -0.25) is 4.79 Å². The molecule has 0 heterocycles. The molecule has 0 aromatic heterocycles. The highest BCUT2D eigenvalue weighted by Gasteiger charge is 1.99. The van der Waals surface area contributed by atoms with Crippen molar-refractivity contribution in [2.24, 2.45) is 0 Å². The van der Waals surface area contributed by atoms with Crippen molar-refractivity contribution < 1.29 is 9.90 Å². The summed E-state index contributed by atoms with van der Waals surface area (Å²) >= 11 is 0. The van der Waals surface area contributed by atoms with Crippen molar-refractivity contribution in [3.05, 3.63) is 0 Å². The first kappa shape index (κ1) is 44.5. The van der Waals surface area contributed by atoms with Crippen molar-refractivity contribution in [2.45, 2.75) is 270 Å². The minimum absolute atomic E-state index is 0.347. The molecular weight excluding hydrogens is 548 g/mol. The Hall–Kier alpha value is -0.530. The molecule has 0 bridgehead atoms. The monoisotopic (exact) mass is 635 g/mol. The summed E-state index contributed by atoms with van der Waals surface area (Å²) in [5.41, 5.74) is 0. The number of hydrogen-bond acceptors (Lipinski definition) is 1. The molecule has 0 aromatic carbocycles. The number of carbonyl (C=O) groups is 1. The third kappa shape index (κ3) is 43.5. The highest BCUT2D eigenvalue weighted by molar-refractivity contribution is 5.66. The predicted molar refractivity (Wildman–Crippen MR) is 203 cm³/mol. The normalized spacial score (nSPS) is 11.5. The summed E-state index contributed by atoms with van der Waals surface area (Å²) in [7, 11) is 0. The molecule has 0 aliphatic heterocycles. The Kier molecular flexibility index (Phi) is 41.0. The van der Waals surface area contributed by atoms with Crippen LogP contribution < -0.4 is 0 Å². The average molecular weight is 635 g/mol. The Balaban J connectivity index is 3.04. The van der Waals surface area contributed by atoms with Gasteiger partial charge >= 0.3 is 5.97 Å². The van der Waals surface area contributed by atoms with E-state index in [4.69, 9.17) is 5.11 Å². The number of carboxylic acids is 1. The van der Waals surface area contributed by atoms with Gasteiger partial charge in [-0.2, -0.15) is 0 Å². The van der Waals surface area contributed by atoms with Gasteiger partial charge in [-0.25, -0.2) is 0 Å². The lowest BCUT2D eigenvalue weighted by atomic mass is 10.0. The van der Waals surface area contributed by atoms with Crippen molar-refractivity contribution in [1.29, 1.82) is 0 Å². The second kappa shape index (κ2) is 41.5. The maximum Gasteiger partial charge on any atom is 0.303 e. The van der Waals surface area contributed by atoms with Crippen LogP contribution in [0, 0.1) is 0 Å². The maximum atomic E-state index is 10.5. The molecule has 0 saturated carbocycles. The average Bonchev–Trinajstić information content (AvgIpc) is 3.03. The Morgan fingerprint density at radius 2 is 0.400 bits per heavy atom. The summed E-state index contributed by atoms with van der Waals surface area (Å²) in [6.45, 7) is 2.31. The van der Waals surface area contributed by atoms with Gasteiger partial charge in [-0.1, -0.05) is 257 Å². The van der Waals surface area contributed by atoms with Gasteiger partial charge in [-0.15, -0.1) is 0 Å². The molecule has 2 heteroatoms. The van der Waals surface area contributed by atoms with Gasteiger partial charge in [0.05, 0.1) is 0 Å². The zero-order chi connectivity index (χ0) is 32.6. The zero-order valence-corrected chi connectivity index (χ0v) is 31.3. The molecule has 0 atom stereocenters. The van der Waals surface area contributed by atoms with Crippen LogP contribution in [-0.4, -0.2) is 11.1 Å². The predicted octanol–water partition coefficient (Wildman–Crippen LogP) is 16.1. The van der Waals surface area contributed by atoms with Crippen molar-refractivity contribution in [1.82, 2.24) is 0 Å². The molecule has 0 aliphatic carbocycles. The zero-order valence-electron chi connectivity index (χ0n) is 31.3. The van der Waals surface area contributed by atoms with Crippen molar-refractivity contribution >= 4 is 5.97 Å².